The maximum absolute atomic E-state index is 11.3. The van der Waals surface area contributed by atoms with Crippen molar-refractivity contribution in [2.24, 2.45) is 11.7 Å². The standard InChI is InChI=1S/C8H19N3O2S/c1-6(2)11-14(12,13)10-5-8(9)7-3-4-7/h6-8,10-11H,3-5,9H2,1-2H3. The third kappa shape index (κ3) is 4.36. The van der Waals surface area contributed by atoms with Crippen LogP contribution in [0, 0.1) is 5.92 Å². The van der Waals surface area contributed by atoms with Crippen LogP contribution in [0.1, 0.15) is 26.7 Å². The van der Waals surface area contributed by atoms with Crippen LogP contribution < -0.4 is 15.2 Å². The summed E-state index contributed by atoms with van der Waals surface area (Å²) in [5.74, 6) is 0.511. The summed E-state index contributed by atoms with van der Waals surface area (Å²) < 4.78 is 27.5. The van der Waals surface area contributed by atoms with Crippen LogP contribution in [-0.2, 0) is 10.2 Å². The summed E-state index contributed by atoms with van der Waals surface area (Å²) in [4.78, 5) is 0. The highest BCUT2D eigenvalue weighted by Crippen LogP contribution is 2.31. The maximum Gasteiger partial charge on any atom is 0.277 e. The quantitative estimate of drug-likeness (QED) is 0.568. The average molecular weight is 221 g/mol. The minimum Gasteiger partial charge on any atom is -0.326 e. The minimum atomic E-state index is -3.36. The van der Waals surface area contributed by atoms with Crippen LogP contribution in [0.5, 0.6) is 0 Å². The van der Waals surface area contributed by atoms with Crippen molar-refractivity contribution in [1.82, 2.24) is 9.44 Å². The molecule has 1 aliphatic rings. The summed E-state index contributed by atoms with van der Waals surface area (Å²) in [7, 11) is -3.36. The van der Waals surface area contributed by atoms with Gasteiger partial charge in [-0.25, -0.2) is 4.72 Å². The molecule has 1 aliphatic carbocycles. The zero-order valence-electron chi connectivity index (χ0n) is 8.66. The summed E-state index contributed by atoms with van der Waals surface area (Å²) in [6.07, 6.45) is 2.25. The van der Waals surface area contributed by atoms with Gasteiger partial charge < -0.3 is 5.73 Å². The Morgan fingerprint density at radius 2 is 2.00 bits per heavy atom. The first-order chi connectivity index (χ1) is 6.41. The van der Waals surface area contributed by atoms with Crippen LogP contribution in [0.3, 0.4) is 0 Å². The highest BCUT2D eigenvalue weighted by atomic mass is 32.2. The van der Waals surface area contributed by atoms with Crippen LogP contribution in [0.15, 0.2) is 0 Å². The van der Waals surface area contributed by atoms with Crippen LogP contribution in [0.4, 0.5) is 0 Å². The molecule has 6 heteroatoms. The van der Waals surface area contributed by atoms with E-state index < -0.39 is 10.2 Å². The number of nitrogens with two attached hydrogens (primary N) is 1. The number of nitrogens with one attached hydrogen (secondary N) is 2. The molecular weight excluding hydrogens is 202 g/mol. The van der Waals surface area contributed by atoms with E-state index in [1.165, 1.54) is 0 Å². The molecule has 0 radical (unpaired) electrons. The highest BCUT2D eigenvalue weighted by Gasteiger charge is 2.29. The fourth-order valence-corrected chi connectivity index (χ4v) is 2.36. The van der Waals surface area contributed by atoms with E-state index >= 15 is 0 Å². The molecule has 5 nitrogen and oxygen atoms in total. The molecule has 0 aromatic carbocycles. The molecule has 1 atom stereocenters. The number of rotatable bonds is 6. The van der Waals surface area contributed by atoms with Gasteiger partial charge in [0.1, 0.15) is 0 Å². The Balaban J connectivity index is 2.28. The maximum atomic E-state index is 11.3. The normalized spacial score (nSPS) is 20.0. The predicted octanol–water partition coefficient (Wildman–Crippen LogP) is -0.444. The smallest absolute Gasteiger partial charge is 0.277 e. The van der Waals surface area contributed by atoms with Crippen LogP contribution in [0.25, 0.3) is 0 Å². The van der Waals surface area contributed by atoms with E-state index in [0.29, 0.717) is 12.5 Å². The van der Waals surface area contributed by atoms with Gasteiger partial charge in [0.05, 0.1) is 0 Å². The van der Waals surface area contributed by atoms with Crippen molar-refractivity contribution in [3.63, 3.8) is 0 Å². The molecule has 0 aromatic rings. The van der Waals surface area contributed by atoms with Crippen molar-refractivity contribution in [3.05, 3.63) is 0 Å². The van der Waals surface area contributed by atoms with E-state index in [0.717, 1.165) is 12.8 Å². The van der Waals surface area contributed by atoms with Crippen molar-refractivity contribution in [2.45, 2.75) is 38.8 Å². The summed E-state index contributed by atoms with van der Waals surface area (Å²) in [5.41, 5.74) is 5.76. The van der Waals surface area contributed by atoms with Gasteiger partial charge in [-0.15, -0.1) is 0 Å². The Kier molecular flexibility index (Phi) is 3.88. The predicted molar refractivity (Wildman–Crippen MR) is 55.9 cm³/mol. The highest BCUT2D eigenvalue weighted by molar-refractivity contribution is 7.87. The van der Waals surface area contributed by atoms with E-state index in [-0.39, 0.29) is 12.1 Å². The molecule has 0 heterocycles. The van der Waals surface area contributed by atoms with Gasteiger partial charge in [-0.1, -0.05) is 0 Å². The molecular formula is C8H19N3O2S. The van der Waals surface area contributed by atoms with Crippen LogP contribution in [0.2, 0.25) is 0 Å². The molecule has 0 bridgehead atoms. The SMILES string of the molecule is CC(C)NS(=O)(=O)NCC(N)C1CC1. The van der Waals surface area contributed by atoms with Crippen molar-refractivity contribution in [1.29, 1.82) is 0 Å². The first-order valence-corrected chi connectivity index (χ1v) is 6.41. The molecule has 0 saturated heterocycles. The molecule has 1 saturated carbocycles. The molecule has 4 N–H and O–H groups in total. The topological polar surface area (TPSA) is 84.2 Å². The summed E-state index contributed by atoms with van der Waals surface area (Å²) in [6.45, 7) is 3.88. The zero-order valence-corrected chi connectivity index (χ0v) is 9.47. The minimum absolute atomic E-state index is 0.0428. The first kappa shape index (κ1) is 11.9. The van der Waals surface area contributed by atoms with Crippen molar-refractivity contribution in [3.8, 4) is 0 Å². The Morgan fingerprint density at radius 3 is 2.43 bits per heavy atom. The Bertz CT molecular complexity index is 272. The molecule has 0 aliphatic heterocycles. The first-order valence-electron chi connectivity index (χ1n) is 4.93. The lowest BCUT2D eigenvalue weighted by atomic mass is 10.2. The lowest BCUT2D eigenvalue weighted by Gasteiger charge is -2.14. The van der Waals surface area contributed by atoms with E-state index in [1.807, 2.05) is 0 Å². The van der Waals surface area contributed by atoms with Gasteiger partial charge in [0.15, 0.2) is 0 Å². The molecule has 1 fully saturated rings. The van der Waals surface area contributed by atoms with Crippen molar-refractivity contribution >= 4 is 10.2 Å². The second kappa shape index (κ2) is 4.57. The summed E-state index contributed by atoms with van der Waals surface area (Å²) in [6, 6.07) is -0.136. The van der Waals surface area contributed by atoms with E-state index in [2.05, 4.69) is 9.44 Å². The van der Waals surface area contributed by atoms with Gasteiger partial charge in [-0.05, 0) is 32.6 Å². The third-order valence-corrected chi connectivity index (χ3v) is 3.46. The molecule has 14 heavy (non-hydrogen) atoms. The van der Waals surface area contributed by atoms with E-state index in [4.69, 9.17) is 5.73 Å². The number of hydrogen-bond donors (Lipinski definition) is 3. The largest absolute Gasteiger partial charge is 0.326 e. The Labute approximate surface area is 85.6 Å². The van der Waals surface area contributed by atoms with Crippen LogP contribution in [-0.4, -0.2) is 27.0 Å². The Morgan fingerprint density at radius 1 is 1.43 bits per heavy atom. The molecule has 0 spiro atoms. The third-order valence-electron chi connectivity index (χ3n) is 2.13. The molecule has 0 amide bonds. The number of hydrogen-bond acceptors (Lipinski definition) is 3. The average Bonchev–Trinajstić information content (AvgIpc) is 2.79. The van der Waals surface area contributed by atoms with Crippen molar-refractivity contribution < 1.29 is 8.42 Å². The van der Waals surface area contributed by atoms with E-state index in [9.17, 15) is 8.42 Å². The summed E-state index contributed by atoms with van der Waals surface area (Å²) in [5, 5.41) is 0. The lowest BCUT2D eigenvalue weighted by molar-refractivity contribution is 0.530. The molecule has 1 unspecified atom stereocenters. The molecule has 1 rings (SSSR count). The lowest BCUT2D eigenvalue weighted by Crippen LogP contribution is -2.45. The van der Waals surface area contributed by atoms with Gasteiger partial charge >= 0.3 is 0 Å². The van der Waals surface area contributed by atoms with Gasteiger partial charge in [0, 0.05) is 18.6 Å². The van der Waals surface area contributed by atoms with Gasteiger partial charge in [-0.2, -0.15) is 13.1 Å². The van der Waals surface area contributed by atoms with Gasteiger partial charge in [-0.3, -0.25) is 0 Å². The molecule has 84 valence electrons. The second-order valence-corrected chi connectivity index (χ2v) is 5.66. The Hall–Kier alpha value is -0.170. The second-order valence-electron chi connectivity index (χ2n) is 4.13. The van der Waals surface area contributed by atoms with E-state index in [1.54, 1.807) is 13.8 Å². The monoisotopic (exact) mass is 221 g/mol. The molecule has 0 aromatic heterocycles. The summed E-state index contributed by atoms with van der Waals surface area (Å²) >= 11 is 0. The van der Waals surface area contributed by atoms with Crippen molar-refractivity contribution in [2.75, 3.05) is 6.54 Å². The fourth-order valence-electron chi connectivity index (χ4n) is 1.25. The zero-order chi connectivity index (χ0) is 10.8. The van der Waals surface area contributed by atoms with Crippen LogP contribution >= 0.6 is 0 Å². The van der Waals surface area contributed by atoms with Gasteiger partial charge in [0.25, 0.3) is 10.2 Å². The fraction of sp³-hybridized carbons (Fsp3) is 1.00. The van der Waals surface area contributed by atoms with Gasteiger partial charge in [0.2, 0.25) is 0 Å².